The van der Waals surface area contributed by atoms with Gasteiger partial charge >= 0.3 is 0 Å². The first-order chi connectivity index (χ1) is 6.59. The van der Waals surface area contributed by atoms with Gasteiger partial charge in [-0.1, -0.05) is 11.6 Å². The molecule has 0 saturated heterocycles. The summed E-state index contributed by atoms with van der Waals surface area (Å²) in [6.07, 6.45) is 0. The Hall–Kier alpha value is -1.28. The standard InChI is InChI=1S/C12H15NO/c1-7-4-5-11-10(6-7)8(2)12(14-11)9(3)13/h4-6,9H,13H2,1-3H3/t9-/m1/s1. The summed E-state index contributed by atoms with van der Waals surface area (Å²) in [5, 5.41) is 1.18. The van der Waals surface area contributed by atoms with E-state index in [1.807, 2.05) is 13.0 Å². The predicted molar refractivity (Wildman–Crippen MR) is 58.3 cm³/mol. The summed E-state index contributed by atoms with van der Waals surface area (Å²) in [6, 6.07) is 6.16. The van der Waals surface area contributed by atoms with Crippen molar-refractivity contribution in [2.45, 2.75) is 26.8 Å². The largest absolute Gasteiger partial charge is 0.459 e. The summed E-state index contributed by atoms with van der Waals surface area (Å²) in [6.45, 7) is 6.08. The monoisotopic (exact) mass is 189 g/mol. The molecule has 0 bridgehead atoms. The Bertz CT molecular complexity index is 468. The van der Waals surface area contributed by atoms with Gasteiger partial charge in [0, 0.05) is 5.39 Å². The van der Waals surface area contributed by atoms with Crippen molar-refractivity contribution in [1.82, 2.24) is 0 Å². The number of fused-ring (bicyclic) bond motifs is 1. The van der Waals surface area contributed by atoms with Crippen LogP contribution in [0.3, 0.4) is 0 Å². The summed E-state index contributed by atoms with van der Waals surface area (Å²) in [5.74, 6) is 0.894. The van der Waals surface area contributed by atoms with Gasteiger partial charge in [0.15, 0.2) is 0 Å². The van der Waals surface area contributed by atoms with Crippen LogP contribution in [0.15, 0.2) is 22.6 Å². The van der Waals surface area contributed by atoms with Gasteiger partial charge in [0.1, 0.15) is 11.3 Å². The SMILES string of the molecule is Cc1ccc2oc([C@@H](C)N)c(C)c2c1. The van der Waals surface area contributed by atoms with Crippen molar-refractivity contribution in [1.29, 1.82) is 0 Å². The molecule has 1 heterocycles. The molecule has 2 heteroatoms. The Morgan fingerprint density at radius 1 is 1.29 bits per heavy atom. The zero-order valence-corrected chi connectivity index (χ0v) is 8.79. The fourth-order valence-electron chi connectivity index (χ4n) is 1.79. The van der Waals surface area contributed by atoms with Gasteiger partial charge < -0.3 is 10.2 Å². The lowest BCUT2D eigenvalue weighted by Gasteiger charge is -2.00. The normalized spacial score (nSPS) is 13.4. The molecule has 2 aromatic rings. The van der Waals surface area contributed by atoms with Crippen LogP contribution >= 0.6 is 0 Å². The summed E-state index contributed by atoms with van der Waals surface area (Å²) in [7, 11) is 0. The first-order valence-corrected chi connectivity index (χ1v) is 4.85. The van der Waals surface area contributed by atoms with Crippen molar-refractivity contribution >= 4 is 11.0 Å². The van der Waals surface area contributed by atoms with E-state index in [2.05, 4.69) is 26.0 Å². The Balaban J connectivity index is 2.74. The van der Waals surface area contributed by atoms with Crippen LogP contribution in [0.1, 0.15) is 29.9 Å². The number of hydrogen-bond donors (Lipinski definition) is 1. The number of aryl methyl sites for hydroxylation is 2. The lowest BCUT2D eigenvalue weighted by molar-refractivity contribution is 0.509. The molecular formula is C12H15NO. The van der Waals surface area contributed by atoms with Crippen molar-refractivity contribution in [2.75, 3.05) is 0 Å². The van der Waals surface area contributed by atoms with E-state index in [9.17, 15) is 0 Å². The highest BCUT2D eigenvalue weighted by Gasteiger charge is 2.12. The minimum atomic E-state index is -0.0392. The summed E-state index contributed by atoms with van der Waals surface area (Å²) in [4.78, 5) is 0. The molecule has 1 atom stereocenters. The van der Waals surface area contributed by atoms with Crippen LogP contribution < -0.4 is 5.73 Å². The van der Waals surface area contributed by atoms with E-state index in [0.29, 0.717) is 0 Å². The van der Waals surface area contributed by atoms with E-state index in [4.69, 9.17) is 10.2 Å². The maximum absolute atomic E-state index is 5.82. The van der Waals surface area contributed by atoms with Gasteiger partial charge in [-0.2, -0.15) is 0 Å². The number of hydrogen-bond acceptors (Lipinski definition) is 2. The fourth-order valence-corrected chi connectivity index (χ4v) is 1.79. The van der Waals surface area contributed by atoms with Crippen molar-refractivity contribution in [3.63, 3.8) is 0 Å². The zero-order valence-electron chi connectivity index (χ0n) is 8.79. The molecule has 0 aliphatic carbocycles. The third kappa shape index (κ3) is 1.32. The molecule has 0 amide bonds. The Kier molecular flexibility index (Phi) is 2.08. The molecule has 0 spiro atoms. The molecule has 1 aromatic carbocycles. The van der Waals surface area contributed by atoms with Crippen molar-refractivity contribution in [3.05, 3.63) is 35.1 Å². The maximum Gasteiger partial charge on any atom is 0.134 e. The van der Waals surface area contributed by atoms with Crippen molar-refractivity contribution < 1.29 is 4.42 Å². The van der Waals surface area contributed by atoms with Crippen LogP contribution in [0.5, 0.6) is 0 Å². The third-order valence-electron chi connectivity index (χ3n) is 2.54. The zero-order chi connectivity index (χ0) is 10.3. The van der Waals surface area contributed by atoms with Crippen LogP contribution in [0.4, 0.5) is 0 Å². The highest BCUT2D eigenvalue weighted by molar-refractivity contribution is 5.82. The summed E-state index contributed by atoms with van der Waals surface area (Å²) >= 11 is 0. The molecule has 0 unspecified atom stereocenters. The van der Waals surface area contributed by atoms with Gasteiger partial charge in [0.25, 0.3) is 0 Å². The number of benzene rings is 1. The van der Waals surface area contributed by atoms with E-state index in [1.54, 1.807) is 0 Å². The third-order valence-corrected chi connectivity index (χ3v) is 2.54. The first-order valence-electron chi connectivity index (χ1n) is 4.85. The molecule has 2 N–H and O–H groups in total. The van der Waals surface area contributed by atoms with E-state index >= 15 is 0 Å². The minimum absolute atomic E-state index is 0.0392. The van der Waals surface area contributed by atoms with Crippen LogP contribution in [-0.2, 0) is 0 Å². The number of furan rings is 1. The maximum atomic E-state index is 5.82. The number of nitrogens with two attached hydrogens (primary N) is 1. The van der Waals surface area contributed by atoms with Crippen LogP contribution in [0.2, 0.25) is 0 Å². The van der Waals surface area contributed by atoms with E-state index in [1.165, 1.54) is 16.5 Å². The molecule has 0 radical (unpaired) electrons. The summed E-state index contributed by atoms with van der Waals surface area (Å²) < 4.78 is 5.69. The van der Waals surface area contributed by atoms with Crippen LogP contribution in [-0.4, -0.2) is 0 Å². The summed E-state index contributed by atoms with van der Waals surface area (Å²) in [5.41, 5.74) is 9.17. The topological polar surface area (TPSA) is 39.2 Å². The molecule has 2 rings (SSSR count). The Labute approximate surface area is 83.7 Å². The van der Waals surface area contributed by atoms with E-state index in [0.717, 1.165) is 11.3 Å². The van der Waals surface area contributed by atoms with Crippen molar-refractivity contribution in [2.24, 2.45) is 5.73 Å². The molecular weight excluding hydrogens is 174 g/mol. The van der Waals surface area contributed by atoms with Gasteiger partial charge in [0.2, 0.25) is 0 Å². The van der Waals surface area contributed by atoms with Gasteiger partial charge in [0.05, 0.1) is 6.04 Å². The molecule has 2 nitrogen and oxygen atoms in total. The van der Waals surface area contributed by atoms with Gasteiger partial charge in [-0.15, -0.1) is 0 Å². The van der Waals surface area contributed by atoms with Gasteiger partial charge in [-0.3, -0.25) is 0 Å². The van der Waals surface area contributed by atoms with Crippen LogP contribution in [0, 0.1) is 13.8 Å². The number of rotatable bonds is 1. The average Bonchev–Trinajstić information content (AvgIpc) is 2.44. The molecule has 14 heavy (non-hydrogen) atoms. The van der Waals surface area contributed by atoms with E-state index < -0.39 is 0 Å². The lowest BCUT2D eigenvalue weighted by atomic mass is 10.1. The lowest BCUT2D eigenvalue weighted by Crippen LogP contribution is -2.04. The van der Waals surface area contributed by atoms with Crippen molar-refractivity contribution in [3.8, 4) is 0 Å². The molecule has 0 fully saturated rings. The van der Waals surface area contributed by atoms with E-state index in [-0.39, 0.29) is 6.04 Å². The van der Waals surface area contributed by atoms with Crippen LogP contribution in [0.25, 0.3) is 11.0 Å². The highest BCUT2D eigenvalue weighted by Crippen LogP contribution is 2.28. The second kappa shape index (κ2) is 3.14. The second-order valence-electron chi connectivity index (χ2n) is 3.88. The molecule has 0 aliphatic rings. The Morgan fingerprint density at radius 2 is 2.00 bits per heavy atom. The van der Waals surface area contributed by atoms with Gasteiger partial charge in [-0.25, -0.2) is 0 Å². The minimum Gasteiger partial charge on any atom is -0.459 e. The molecule has 0 saturated carbocycles. The predicted octanol–water partition coefficient (Wildman–Crippen LogP) is 3.07. The Morgan fingerprint density at radius 3 is 2.64 bits per heavy atom. The second-order valence-corrected chi connectivity index (χ2v) is 3.88. The van der Waals surface area contributed by atoms with Gasteiger partial charge in [-0.05, 0) is 38.5 Å². The quantitative estimate of drug-likeness (QED) is 0.748. The molecule has 0 aliphatic heterocycles. The first kappa shape index (κ1) is 9.28. The molecule has 74 valence electrons. The fraction of sp³-hybridized carbons (Fsp3) is 0.333. The smallest absolute Gasteiger partial charge is 0.134 e. The molecule has 1 aromatic heterocycles. The average molecular weight is 189 g/mol. The highest BCUT2D eigenvalue weighted by atomic mass is 16.3.